The molecule has 0 fully saturated rings. The van der Waals surface area contributed by atoms with Gasteiger partial charge in [0.2, 0.25) is 0 Å². The van der Waals surface area contributed by atoms with Crippen LogP contribution in [0.3, 0.4) is 0 Å². The van der Waals surface area contributed by atoms with Crippen molar-refractivity contribution in [3.05, 3.63) is 42.7 Å². The molecule has 1 unspecified atom stereocenters. The van der Waals surface area contributed by atoms with E-state index in [1.165, 1.54) is 0 Å². The first-order valence-corrected chi connectivity index (χ1v) is 6.97. The lowest BCUT2D eigenvalue weighted by atomic mass is 10.3. The van der Waals surface area contributed by atoms with E-state index in [0.717, 1.165) is 0 Å². The highest BCUT2D eigenvalue weighted by atomic mass is 35.5. The Hall–Kier alpha value is -2.95. The summed E-state index contributed by atoms with van der Waals surface area (Å²) in [5.41, 5.74) is -1.66. The molecule has 0 saturated heterocycles. The van der Waals surface area contributed by atoms with Gasteiger partial charge in [-0.05, 0) is 30.3 Å². The van der Waals surface area contributed by atoms with Crippen LogP contribution in [0.2, 0.25) is 0 Å². The highest BCUT2D eigenvalue weighted by Gasteiger charge is 2.38. The maximum Gasteiger partial charge on any atom is 0.490 e. The van der Waals surface area contributed by atoms with E-state index in [0.29, 0.717) is 11.4 Å². The number of hydrogen-bond acceptors (Lipinski definition) is 5. The molecule has 1 aromatic carbocycles. The number of aliphatic carboxylic acids is 1. The van der Waals surface area contributed by atoms with Gasteiger partial charge in [0.1, 0.15) is 5.75 Å². The third-order valence-electron chi connectivity index (χ3n) is 2.31. The molecule has 7 nitrogen and oxygen atoms in total. The Morgan fingerprint density at radius 3 is 2.08 bits per heavy atom. The van der Waals surface area contributed by atoms with E-state index in [2.05, 4.69) is 15.3 Å². The number of carboxylic acid groups (broad SMARTS) is 1. The second-order valence-corrected chi connectivity index (χ2v) is 4.63. The van der Waals surface area contributed by atoms with Crippen LogP contribution in [0, 0.1) is 0 Å². The number of ether oxygens (including phenoxy) is 1. The van der Waals surface area contributed by atoms with Crippen molar-refractivity contribution in [2.45, 2.75) is 11.8 Å². The van der Waals surface area contributed by atoms with Gasteiger partial charge in [-0.3, -0.25) is 4.79 Å². The Balaban J connectivity index is 0.000000412. The van der Waals surface area contributed by atoms with Crippen LogP contribution in [0.25, 0.3) is 0 Å². The number of nitrogens with zero attached hydrogens (tertiary/aromatic N) is 2. The monoisotopic (exact) mass is 395 g/mol. The zero-order chi connectivity index (χ0) is 19.7. The molecule has 0 radical (unpaired) electrons. The predicted octanol–water partition coefficient (Wildman–Crippen LogP) is 3.38. The van der Waals surface area contributed by atoms with E-state index >= 15 is 0 Å². The molecule has 2 N–H and O–H groups in total. The van der Waals surface area contributed by atoms with Gasteiger partial charge in [0.15, 0.2) is 0 Å². The fourth-order valence-corrected chi connectivity index (χ4v) is 1.30. The molecule has 2 aromatic rings. The van der Waals surface area contributed by atoms with E-state index in [1.54, 1.807) is 42.7 Å². The molecule has 0 aliphatic carbocycles. The second kappa shape index (κ2) is 9.51. The normalized spacial score (nSPS) is 11.6. The van der Waals surface area contributed by atoms with E-state index < -0.39 is 23.7 Å². The van der Waals surface area contributed by atoms with Gasteiger partial charge in [0.25, 0.3) is 11.5 Å². The predicted molar refractivity (Wildman–Crippen MR) is 81.6 cm³/mol. The zero-order valence-electron chi connectivity index (χ0n) is 12.6. The molecule has 1 atom stereocenters. The summed E-state index contributed by atoms with van der Waals surface area (Å²) in [4.78, 5) is 27.7. The van der Waals surface area contributed by atoms with Crippen LogP contribution in [0.15, 0.2) is 42.7 Å². The summed E-state index contributed by atoms with van der Waals surface area (Å²) in [6.45, 7) is 0. The first kappa shape index (κ1) is 21.1. The average Bonchev–Trinajstić information content (AvgIpc) is 2.57. The van der Waals surface area contributed by atoms with Crippen LogP contribution in [-0.4, -0.2) is 38.8 Å². The Morgan fingerprint density at radius 2 is 1.65 bits per heavy atom. The average molecular weight is 396 g/mol. The van der Waals surface area contributed by atoms with Crippen molar-refractivity contribution in [2.24, 2.45) is 0 Å². The largest absolute Gasteiger partial charge is 0.490 e. The second-order valence-electron chi connectivity index (χ2n) is 4.25. The molecule has 2 rings (SSSR count). The first-order valence-electron chi connectivity index (χ1n) is 6.53. The molecule has 26 heavy (non-hydrogen) atoms. The Morgan fingerprint density at radius 1 is 1.15 bits per heavy atom. The van der Waals surface area contributed by atoms with E-state index in [-0.39, 0.29) is 6.01 Å². The van der Waals surface area contributed by atoms with Gasteiger partial charge in [0, 0.05) is 18.1 Å². The molecule has 1 heterocycles. The Kier molecular flexibility index (Phi) is 7.72. The zero-order valence-corrected chi connectivity index (χ0v) is 13.3. The number of rotatable bonds is 4. The number of aromatic nitrogens is 2. The van der Waals surface area contributed by atoms with E-state index in [4.69, 9.17) is 26.2 Å². The Bertz CT molecular complexity index is 727. The van der Waals surface area contributed by atoms with Crippen molar-refractivity contribution in [3.8, 4) is 11.8 Å². The minimum Gasteiger partial charge on any atom is -0.475 e. The molecular weight excluding hydrogens is 386 g/mol. The van der Waals surface area contributed by atoms with Gasteiger partial charge in [-0.25, -0.2) is 19.2 Å². The summed E-state index contributed by atoms with van der Waals surface area (Å²) in [6.07, 6.45) is -1.97. The Labute approximate surface area is 148 Å². The van der Waals surface area contributed by atoms with Crippen molar-refractivity contribution in [3.63, 3.8) is 0 Å². The molecule has 1 aromatic heterocycles. The lowest BCUT2D eigenvalue weighted by molar-refractivity contribution is -0.192. The number of hydrogen-bond donors (Lipinski definition) is 2. The van der Waals surface area contributed by atoms with Crippen LogP contribution in [-0.2, 0) is 9.59 Å². The van der Waals surface area contributed by atoms with Gasteiger partial charge >= 0.3 is 18.2 Å². The standard InChI is InChI=1S/C12H9ClFN3O2.C2HF3O2/c13-10(14)11(18)17-8-2-4-9(5-3-8)19-12-15-6-1-7-16-12;3-2(4,5)1(6)7/h1-7,10H,(H,17,18);(H,6,7). The molecule has 0 bridgehead atoms. The van der Waals surface area contributed by atoms with Gasteiger partial charge in [0.05, 0.1) is 0 Å². The molecule has 0 aliphatic rings. The number of carbonyl (C=O) groups is 2. The molecule has 1 amide bonds. The number of anilines is 1. The third-order valence-corrected chi connectivity index (χ3v) is 2.51. The third kappa shape index (κ3) is 7.75. The lowest BCUT2D eigenvalue weighted by Crippen LogP contribution is -2.21. The number of amides is 1. The summed E-state index contributed by atoms with van der Waals surface area (Å²) in [6, 6.07) is 8.17. The molecule has 0 spiro atoms. The van der Waals surface area contributed by atoms with Gasteiger partial charge in [-0.1, -0.05) is 11.6 Å². The first-order chi connectivity index (χ1) is 12.1. The summed E-state index contributed by atoms with van der Waals surface area (Å²) in [5, 5.41) is 9.42. The van der Waals surface area contributed by atoms with Gasteiger partial charge in [-0.2, -0.15) is 13.2 Å². The lowest BCUT2D eigenvalue weighted by Gasteiger charge is -2.06. The minimum atomic E-state index is -5.08. The molecule has 0 aliphatic heterocycles. The van der Waals surface area contributed by atoms with Crippen LogP contribution in [0.4, 0.5) is 23.2 Å². The number of halogens is 5. The van der Waals surface area contributed by atoms with E-state index in [9.17, 15) is 22.4 Å². The van der Waals surface area contributed by atoms with Crippen molar-refractivity contribution in [1.82, 2.24) is 9.97 Å². The highest BCUT2D eigenvalue weighted by molar-refractivity contribution is 6.31. The van der Waals surface area contributed by atoms with E-state index in [1.807, 2.05) is 0 Å². The fraction of sp³-hybridized carbons (Fsp3) is 0.143. The molecule has 0 saturated carbocycles. The minimum absolute atomic E-state index is 0.212. The maximum absolute atomic E-state index is 12.5. The number of nitrogens with one attached hydrogen (secondary N) is 1. The SMILES string of the molecule is O=C(Nc1ccc(Oc2ncccn2)cc1)C(F)Cl.O=C(O)C(F)(F)F. The van der Waals surface area contributed by atoms with Crippen LogP contribution < -0.4 is 10.1 Å². The summed E-state index contributed by atoms with van der Waals surface area (Å²) >= 11 is 5.00. The van der Waals surface area contributed by atoms with Crippen molar-refractivity contribution < 1.29 is 37.0 Å². The summed E-state index contributed by atoms with van der Waals surface area (Å²) in [7, 11) is 0. The van der Waals surface area contributed by atoms with Crippen molar-refractivity contribution in [1.29, 1.82) is 0 Å². The summed E-state index contributed by atoms with van der Waals surface area (Å²) < 4.78 is 49.5. The summed E-state index contributed by atoms with van der Waals surface area (Å²) in [5.74, 6) is -3.18. The molecule has 12 heteroatoms. The van der Waals surface area contributed by atoms with Crippen molar-refractivity contribution in [2.75, 3.05) is 5.32 Å². The number of benzene rings is 1. The topological polar surface area (TPSA) is 101 Å². The van der Waals surface area contributed by atoms with Crippen molar-refractivity contribution >= 4 is 29.2 Å². The maximum atomic E-state index is 12.5. The smallest absolute Gasteiger partial charge is 0.475 e. The van der Waals surface area contributed by atoms with Crippen LogP contribution in [0.5, 0.6) is 11.8 Å². The number of carboxylic acids is 1. The van der Waals surface area contributed by atoms with Crippen LogP contribution in [0.1, 0.15) is 0 Å². The number of carbonyl (C=O) groups excluding carboxylic acids is 1. The van der Waals surface area contributed by atoms with Gasteiger partial charge < -0.3 is 15.2 Å². The molecular formula is C14H10ClF4N3O4. The number of alkyl halides is 5. The fourth-order valence-electron chi connectivity index (χ4n) is 1.25. The van der Waals surface area contributed by atoms with Gasteiger partial charge in [-0.15, -0.1) is 0 Å². The molecule has 140 valence electrons. The highest BCUT2D eigenvalue weighted by Crippen LogP contribution is 2.20. The van der Waals surface area contributed by atoms with Crippen LogP contribution >= 0.6 is 11.6 Å². The quantitative estimate of drug-likeness (QED) is 0.608.